The Labute approximate surface area is 175 Å². The third-order valence-electron chi connectivity index (χ3n) is 5.75. The number of hydrogen-bond acceptors (Lipinski definition) is 5. The summed E-state index contributed by atoms with van der Waals surface area (Å²) in [5.41, 5.74) is 2.33. The molecule has 30 heavy (non-hydrogen) atoms. The maximum Gasteiger partial charge on any atom is 0.269 e. The van der Waals surface area contributed by atoms with Crippen molar-refractivity contribution >= 4 is 17.5 Å². The molecule has 3 heterocycles. The van der Waals surface area contributed by atoms with Gasteiger partial charge in [0.05, 0.1) is 24.4 Å². The number of hydrogen-bond donors (Lipinski definition) is 2. The van der Waals surface area contributed by atoms with Crippen molar-refractivity contribution in [1.82, 2.24) is 20.2 Å². The predicted octanol–water partition coefficient (Wildman–Crippen LogP) is 2.41. The smallest absolute Gasteiger partial charge is 0.269 e. The lowest BCUT2D eigenvalue weighted by molar-refractivity contribution is -0.135. The largest absolute Gasteiger partial charge is 0.391 e. The van der Waals surface area contributed by atoms with Crippen molar-refractivity contribution in [3.63, 3.8) is 0 Å². The maximum atomic E-state index is 13.0. The first kappa shape index (κ1) is 20.1. The molecule has 1 fully saturated rings. The maximum absolute atomic E-state index is 13.0. The number of oxime groups is 1. The highest BCUT2D eigenvalue weighted by Gasteiger charge is 2.35. The summed E-state index contributed by atoms with van der Waals surface area (Å²) in [5.74, 6) is 0.534. The molecular weight excluding hydrogens is 382 g/mol. The number of aryl methyl sites for hydroxylation is 1. The van der Waals surface area contributed by atoms with Crippen molar-refractivity contribution in [2.75, 3.05) is 6.54 Å². The number of amides is 2. The predicted molar refractivity (Wildman–Crippen MR) is 112 cm³/mol. The molecule has 2 aliphatic rings. The number of aromatic amines is 1. The molecule has 2 amide bonds. The molecule has 2 unspecified atom stereocenters. The minimum Gasteiger partial charge on any atom is -0.391 e. The van der Waals surface area contributed by atoms with Crippen LogP contribution in [-0.4, -0.2) is 57.1 Å². The van der Waals surface area contributed by atoms with E-state index in [4.69, 9.17) is 4.84 Å². The van der Waals surface area contributed by atoms with Gasteiger partial charge >= 0.3 is 0 Å². The number of imidazole rings is 1. The van der Waals surface area contributed by atoms with E-state index in [0.29, 0.717) is 24.5 Å². The number of carbonyl (C=O) groups is 2. The van der Waals surface area contributed by atoms with Gasteiger partial charge < -0.3 is 20.0 Å². The van der Waals surface area contributed by atoms with Gasteiger partial charge in [-0.3, -0.25) is 9.59 Å². The summed E-state index contributed by atoms with van der Waals surface area (Å²) in [5, 5.41) is 7.18. The summed E-state index contributed by atoms with van der Waals surface area (Å²) >= 11 is 0. The Morgan fingerprint density at radius 1 is 1.33 bits per heavy atom. The fourth-order valence-corrected chi connectivity index (χ4v) is 4.19. The van der Waals surface area contributed by atoms with E-state index in [2.05, 4.69) is 20.4 Å². The molecule has 158 valence electrons. The van der Waals surface area contributed by atoms with Gasteiger partial charge in [0, 0.05) is 19.0 Å². The molecule has 4 rings (SSSR count). The molecule has 8 heteroatoms. The van der Waals surface area contributed by atoms with E-state index in [0.717, 1.165) is 24.1 Å². The van der Waals surface area contributed by atoms with Gasteiger partial charge in [0.1, 0.15) is 17.6 Å². The van der Waals surface area contributed by atoms with Gasteiger partial charge in [-0.15, -0.1) is 0 Å². The second-order valence-corrected chi connectivity index (χ2v) is 7.98. The monoisotopic (exact) mass is 409 g/mol. The average molecular weight is 409 g/mol. The van der Waals surface area contributed by atoms with E-state index in [-0.39, 0.29) is 36.4 Å². The van der Waals surface area contributed by atoms with Crippen LogP contribution in [0, 0.1) is 6.92 Å². The van der Waals surface area contributed by atoms with Crippen LogP contribution in [0.2, 0.25) is 0 Å². The third kappa shape index (κ3) is 4.37. The molecule has 0 bridgehead atoms. The number of carbonyl (C=O) groups excluding carboxylic acids is 2. The minimum atomic E-state index is -0.244. The highest BCUT2D eigenvalue weighted by atomic mass is 16.6. The van der Waals surface area contributed by atoms with Crippen molar-refractivity contribution in [3.8, 4) is 0 Å². The third-order valence-corrected chi connectivity index (χ3v) is 5.75. The Hall–Kier alpha value is -3.16. The zero-order chi connectivity index (χ0) is 21.1. The number of nitrogens with one attached hydrogen (secondary N) is 2. The quantitative estimate of drug-likeness (QED) is 0.765. The first-order valence-electron chi connectivity index (χ1n) is 10.4. The lowest BCUT2D eigenvalue weighted by Gasteiger charge is -2.30. The molecule has 0 aliphatic carbocycles. The lowest BCUT2D eigenvalue weighted by atomic mass is 10.0. The molecular formula is C22H27N5O3. The van der Waals surface area contributed by atoms with Crippen LogP contribution in [0.5, 0.6) is 0 Å². The van der Waals surface area contributed by atoms with Crippen LogP contribution in [0.25, 0.3) is 0 Å². The zero-order valence-corrected chi connectivity index (χ0v) is 17.3. The molecule has 0 spiro atoms. The second kappa shape index (κ2) is 8.69. The number of H-pyrrole nitrogens is 1. The molecule has 8 nitrogen and oxygen atoms in total. The molecule has 0 saturated carbocycles. The Morgan fingerprint density at radius 3 is 2.87 bits per heavy atom. The van der Waals surface area contributed by atoms with Crippen LogP contribution in [0.4, 0.5) is 0 Å². The highest BCUT2D eigenvalue weighted by Crippen LogP contribution is 2.25. The van der Waals surface area contributed by atoms with Crippen LogP contribution in [-0.2, 0) is 9.63 Å². The standard InChI is InChI=1S/C22H27N5O3/c1-14(24-22(29)19-13-23-15(2)25-19)20-9-6-10-27(20)21(28)12-17-11-18(26-30-17)16-7-4-3-5-8-16/h3-5,7-8,13-14,17,20H,6,9-12H2,1-2H3,(H,23,25)(H,24,29)/t14?,17?,20-/m1/s1. The van der Waals surface area contributed by atoms with Gasteiger partial charge in [0.2, 0.25) is 5.91 Å². The van der Waals surface area contributed by atoms with Gasteiger partial charge in [-0.2, -0.15) is 0 Å². The Bertz CT molecular complexity index is 939. The van der Waals surface area contributed by atoms with Gasteiger partial charge in [0.25, 0.3) is 5.91 Å². The fraction of sp³-hybridized carbons (Fsp3) is 0.455. The Kier molecular flexibility index (Phi) is 5.83. The number of likely N-dealkylation sites (tertiary alicyclic amines) is 1. The summed E-state index contributed by atoms with van der Waals surface area (Å²) in [4.78, 5) is 39.8. The fourth-order valence-electron chi connectivity index (χ4n) is 4.19. The Balaban J connectivity index is 1.32. The lowest BCUT2D eigenvalue weighted by Crippen LogP contribution is -2.49. The first-order chi connectivity index (χ1) is 14.5. The number of rotatable bonds is 6. The summed E-state index contributed by atoms with van der Waals surface area (Å²) in [6.07, 6.45) is 3.99. The SMILES string of the molecule is Cc1ncc(C(=O)NC(C)[C@H]2CCCN2C(=O)CC2CC(c3ccccc3)=NO2)[nH]1. The molecule has 2 N–H and O–H groups in total. The molecule has 0 radical (unpaired) electrons. The van der Waals surface area contributed by atoms with Crippen LogP contribution in [0.15, 0.2) is 41.7 Å². The molecule has 1 saturated heterocycles. The van der Waals surface area contributed by atoms with Gasteiger partial charge in [-0.25, -0.2) is 4.98 Å². The van der Waals surface area contributed by atoms with Gasteiger partial charge in [-0.05, 0) is 32.3 Å². The normalized spacial score (nSPS) is 21.8. The van der Waals surface area contributed by atoms with E-state index in [9.17, 15) is 9.59 Å². The van der Waals surface area contributed by atoms with Crippen molar-refractivity contribution in [1.29, 1.82) is 0 Å². The molecule has 3 atom stereocenters. The van der Waals surface area contributed by atoms with E-state index < -0.39 is 0 Å². The zero-order valence-electron chi connectivity index (χ0n) is 17.3. The number of aromatic nitrogens is 2. The van der Waals surface area contributed by atoms with Crippen LogP contribution in [0.1, 0.15) is 54.5 Å². The summed E-state index contributed by atoms with van der Waals surface area (Å²) in [7, 11) is 0. The minimum absolute atomic E-state index is 0.0265. The summed E-state index contributed by atoms with van der Waals surface area (Å²) in [6.45, 7) is 4.45. The summed E-state index contributed by atoms with van der Waals surface area (Å²) in [6, 6.07) is 9.69. The average Bonchev–Trinajstić information content (AvgIpc) is 3.49. The first-order valence-corrected chi connectivity index (χ1v) is 10.4. The van der Waals surface area contributed by atoms with Crippen molar-refractivity contribution < 1.29 is 14.4 Å². The van der Waals surface area contributed by atoms with Gasteiger partial charge in [0.15, 0.2) is 0 Å². The molecule has 2 aliphatic heterocycles. The van der Waals surface area contributed by atoms with E-state index >= 15 is 0 Å². The second-order valence-electron chi connectivity index (χ2n) is 7.98. The van der Waals surface area contributed by atoms with E-state index in [1.807, 2.05) is 42.2 Å². The topological polar surface area (TPSA) is 99.7 Å². The van der Waals surface area contributed by atoms with E-state index in [1.165, 1.54) is 6.20 Å². The van der Waals surface area contributed by atoms with E-state index in [1.54, 1.807) is 6.92 Å². The van der Waals surface area contributed by atoms with Crippen molar-refractivity contribution in [2.45, 2.75) is 57.7 Å². The molecule has 2 aromatic rings. The van der Waals surface area contributed by atoms with Crippen LogP contribution < -0.4 is 5.32 Å². The number of benzene rings is 1. The van der Waals surface area contributed by atoms with Crippen LogP contribution >= 0.6 is 0 Å². The van der Waals surface area contributed by atoms with Crippen molar-refractivity contribution in [3.05, 3.63) is 53.6 Å². The molecule has 1 aromatic carbocycles. The molecule has 1 aromatic heterocycles. The van der Waals surface area contributed by atoms with Crippen LogP contribution in [0.3, 0.4) is 0 Å². The summed E-state index contributed by atoms with van der Waals surface area (Å²) < 4.78 is 0. The Morgan fingerprint density at radius 2 is 2.13 bits per heavy atom. The highest BCUT2D eigenvalue weighted by molar-refractivity contribution is 6.01. The van der Waals surface area contributed by atoms with Crippen molar-refractivity contribution in [2.24, 2.45) is 5.16 Å². The number of nitrogens with zero attached hydrogens (tertiary/aromatic N) is 3. The van der Waals surface area contributed by atoms with Gasteiger partial charge in [-0.1, -0.05) is 35.5 Å².